The first-order valence-corrected chi connectivity index (χ1v) is 11.1. The Kier molecular flexibility index (Phi) is 6.84. The van der Waals surface area contributed by atoms with Gasteiger partial charge in [-0.05, 0) is 43.7 Å². The van der Waals surface area contributed by atoms with Gasteiger partial charge in [0.15, 0.2) is 5.69 Å². The highest BCUT2D eigenvalue weighted by Crippen LogP contribution is 2.16. The standard InChI is InChI=1S/C25H27FN4O3/c1-3-33-20-10-8-19(9-11-20)17-28-12-14-29(15-13-28)25(32)24-23(31)16-18(2)30(27-24)22-7-5-4-6-21(22)26/h4-11,16H,3,12-15,17H2,1-2H3. The number of halogens is 1. The van der Waals surface area contributed by atoms with Gasteiger partial charge in [0, 0.05) is 44.5 Å². The van der Waals surface area contributed by atoms with Crippen LogP contribution in [0.5, 0.6) is 5.75 Å². The molecule has 0 aliphatic carbocycles. The highest BCUT2D eigenvalue weighted by molar-refractivity contribution is 5.92. The fraction of sp³-hybridized carbons (Fsp3) is 0.320. The second-order valence-electron chi connectivity index (χ2n) is 8.01. The number of carbonyl (C=O) groups excluding carboxylic acids is 1. The van der Waals surface area contributed by atoms with Gasteiger partial charge >= 0.3 is 0 Å². The average Bonchev–Trinajstić information content (AvgIpc) is 2.81. The van der Waals surface area contributed by atoms with Crippen LogP contribution in [0.4, 0.5) is 4.39 Å². The van der Waals surface area contributed by atoms with Gasteiger partial charge in [0.2, 0.25) is 5.43 Å². The number of rotatable bonds is 6. The molecule has 7 nitrogen and oxygen atoms in total. The van der Waals surface area contributed by atoms with Crippen LogP contribution in [0, 0.1) is 12.7 Å². The van der Waals surface area contributed by atoms with Crippen molar-refractivity contribution in [3.8, 4) is 11.4 Å². The van der Waals surface area contributed by atoms with E-state index in [0.29, 0.717) is 38.5 Å². The Hall–Kier alpha value is -3.52. The molecule has 33 heavy (non-hydrogen) atoms. The first-order chi connectivity index (χ1) is 16.0. The Bertz CT molecular complexity index is 1190. The Labute approximate surface area is 192 Å². The molecule has 1 aliphatic rings. The molecule has 0 saturated carbocycles. The minimum atomic E-state index is -0.474. The molecule has 0 unspecified atom stereocenters. The number of piperazine rings is 1. The number of amides is 1. The SMILES string of the molecule is CCOc1ccc(CN2CCN(C(=O)c3nn(-c4ccccc4F)c(C)cc3=O)CC2)cc1. The Morgan fingerprint density at radius 2 is 1.76 bits per heavy atom. The third-order valence-electron chi connectivity index (χ3n) is 5.69. The maximum atomic E-state index is 14.3. The van der Waals surface area contributed by atoms with E-state index in [4.69, 9.17) is 4.74 Å². The lowest BCUT2D eigenvalue weighted by Gasteiger charge is -2.34. The lowest BCUT2D eigenvalue weighted by Crippen LogP contribution is -2.49. The summed E-state index contributed by atoms with van der Waals surface area (Å²) in [5.41, 5.74) is 1.18. The van der Waals surface area contributed by atoms with Crippen molar-refractivity contribution < 1.29 is 13.9 Å². The van der Waals surface area contributed by atoms with E-state index in [1.165, 1.54) is 22.4 Å². The number of hydrogen-bond donors (Lipinski definition) is 0. The maximum Gasteiger partial charge on any atom is 0.278 e. The zero-order valence-electron chi connectivity index (χ0n) is 18.8. The first kappa shape index (κ1) is 22.7. The zero-order valence-corrected chi connectivity index (χ0v) is 18.8. The number of carbonyl (C=O) groups is 1. The minimum Gasteiger partial charge on any atom is -0.494 e. The number of aryl methyl sites for hydroxylation is 1. The number of para-hydroxylation sites is 1. The molecule has 0 atom stereocenters. The Balaban J connectivity index is 1.44. The number of nitrogens with zero attached hydrogens (tertiary/aromatic N) is 4. The van der Waals surface area contributed by atoms with E-state index in [0.717, 1.165) is 12.3 Å². The van der Waals surface area contributed by atoms with E-state index in [-0.39, 0.29) is 11.4 Å². The first-order valence-electron chi connectivity index (χ1n) is 11.1. The third kappa shape index (κ3) is 5.12. The van der Waals surface area contributed by atoms with Crippen molar-refractivity contribution in [2.75, 3.05) is 32.8 Å². The van der Waals surface area contributed by atoms with E-state index in [1.807, 2.05) is 31.2 Å². The summed E-state index contributed by atoms with van der Waals surface area (Å²) in [6.07, 6.45) is 0. The van der Waals surface area contributed by atoms with Crippen LogP contribution >= 0.6 is 0 Å². The molecule has 1 aromatic heterocycles. The summed E-state index contributed by atoms with van der Waals surface area (Å²) >= 11 is 0. The fourth-order valence-electron chi connectivity index (χ4n) is 3.94. The summed E-state index contributed by atoms with van der Waals surface area (Å²) in [4.78, 5) is 29.5. The molecule has 1 amide bonds. The van der Waals surface area contributed by atoms with Gasteiger partial charge in [0.05, 0.1) is 6.61 Å². The molecule has 2 heterocycles. The Morgan fingerprint density at radius 3 is 2.42 bits per heavy atom. The van der Waals surface area contributed by atoms with Gasteiger partial charge in [-0.3, -0.25) is 14.5 Å². The van der Waals surface area contributed by atoms with Crippen LogP contribution in [0.25, 0.3) is 5.69 Å². The summed E-state index contributed by atoms with van der Waals surface area (Å²) < 4.78 is 21.1. The van der Waals surface area contributed by atoms with Gasteiger partial charge in [-0.15, -0.1) is 0 Å². The third-order valence-corrected chi connectivity index (χ3v) is 5.69. The number of hydrogen-bond acceptors (Lipinski definition) is 5. The van der Waals surface area contributed by atoms with Crippen molar-refractivity contribution in [2.24, 2.45) is 0 Å². The highest BCUT2D eigenvalue weighted by Gasteiger charge is 2.26. The Morgan fingerprint density at radius 1 is 1.06 bits per heavy atom. The summed E-state index contributed by atoms with van der Waals surface area (Å²) in [7, 11) is 0. The van der Waals surface area contributed by atoms with Crippen molar-refractivity contribution in [3.05, 3.63) is 87.6 Å². The largest absolute Gasteiger partial charge is 0.494 e. The van der Waals surface area contributed by atoms with Gasteiger partial charge in [-0.2, -0.15) is 5.10 Å². The lowest BCUT2D eigenvalue weighted by molar-refractivity contribution is 0.0619. The van der Waals surface area contributed by atoms with Gasteiger partial charge < -0.3 is 9.64 Å². The van der Waals surface area contributed by atoms with Crippen molar-refractivity contribution in [3.63, 3.8) is 0 Å². The summed E-state index contributed by atoms with van der Waals surface area (Å²) in [6.45, 7) is 7.38. The van der Waals surface area contributed by atoms with Crippen molar-refractivity contribution in [1.82, 2.24) is 19.6 Å². The van der Waals surface area contributed by atoms with Crippen molar-refractivity contribution in [1.29, 1.82) is 0 Å². The van der Waals surface area contributed by atoms with Gasteiger partial charge in [-0.25, -0.2) is 9.07 Å². The van der Waals surface area contributed by atoms with E-state index in [2.05, 4.69) is 10.00 Å². The molecule has 1 saturated heterocycles. The zero-order chi connectivity index (χ0) is 23.4. The van der Waals surface area contributed by atoms with Crippen LogP contribution in [0.15, 0.2) is 59.4 Å². The second kappa shape index (κ2) is 9.95. The van der Waals surface area contributed by atoms with Crippen molar-refractivity contribution >= 4 is 5.91 Å². The molecule has 1 aliphatic heterocycles. The van der Waals surface area contributed by atoms with Gasteiger partial charge in [0.25, 0.3) is 5.91 Å². The van der Waals surface area contributed by atoms with E-state index in [9.17, 15) is 14.0 Å². The van der Waals surface area contributed by atoms with Crippen LogP contribution < -0.4 is 10.2 Å². The molecule has 0 spiro atoms. The molecule has 0 N–H and O–H groups in total. The monoisotopic (exact) mass is 450 g/mol. The summed E-state index contributed by atoms with van der Waals surface area (Å²) in [5, 5.41) is 4.24. The number of benzene rings is 2. The molecule has 4 rings (SSSR count). The predicted molar refractivity (Wildman–Crippen MR) is 123 cm³/mol. The number of ether oxygens (including phenoxy) is 1. The van der Waals surface area contributed by atoms with Crippen LogP contribution in [-0.4, -0.2) is 58.3 Å². The lowest BCUT2D eigenvalue weighted by atomic mass is 10.2. The summed E-state index contributed by atoms with van der Waals surface area (Å²) in [5.74, 6) is -0.0489. The molecule has 3 aromatic rings. The molecule has 1 fully saturated rings. The molecule has 0 radical (unpaired) electrons. The highest BCUT2D eigenvalue weighted by atomic mass is 19.1. The van der Waals surface area contributed by atoms with E-state index in [1.54, 1.807) is 30.0 Å². The molecule has 172 valence electrons. The fourth-order valence-corrected chi connectivity index (χ4v) is 3.94. The van der Waals surface area contributed by atoms with Gasteiger partial charge in [0.1, 0.15) is 17.3 Å². The van der Waals surface area contributed by atoms with Gasteiger partial charge in [-0.1, -0.05) is 24.3 Å². The molecule has 8 heteroatoms. The average molecular weight is 451 g/mol. The normalized spacial score (nSPS) is 14.3. The van der Waals surface area contributed by atoms with Crippen LogP contribution in [0.1, 0.15) is 28.7 Å². The molecular weight excluding hydrogens is 423 g/mol. The number of aromatic nitrogens is 2. The van der Waals surface area contributed by atoms with Crippen LogP contribution in [0.3, 0.4) is 0 Å². The van der Waals surface area contributed by atoms with E-state index >= 15 is 0 Å². The molecular formula is C25H27FN4O3. The quantitative estimate of drug-likeness (QED) is 0.578. The maximum absolute atomic E-state index is 14.3. The summed E-state index contributed by atoms with van der Waals surface area (Å²) in [6, 6.07) is 15.5. The smallest absolute Gasteiger partial charge is 0.278 e. The van der Waals surface area contributed by atoms with Crippen LogP contribution in [0.2, 0.25) is 0 Å². The van der Waals surface area contributed by atoms with E-state index < -0.39 is 17.2 Å². The second-order valence-corrected chi connectivity index (χ2v) is 8.01. The molecule has 2 aromatic carbocycles. The van der Waals surface area contributed by atoms with Crippen molar-refractivity contribution in [2.45, 2.75) is 20.4 Å². The predicted octanol–water partition coefficient (Wildman–Crippen LogP) is 3.04. The topological polar surface area (TPSA) is 67.7 Å². The minimum absolute atomic E-state index is 0.191. The molecule has 0 bridgehead atoms. The van der Waals surface area contributed by atoms with Crippen LogP contribution in [-0.2, 0) is 6.54 Å².